The van der Waals surface area contributed by atoms with E-state index in [0.29, 0.717) is 22.9 Å². The SMILES string of the molecule is COc1cc(NC(=O)C(Sc2ccc(NC(=O)CCC(=O)O)cc2)c2ccccc2)cc(OC)c1. The quantitative estimate of drug-likeness (QED) is 0.322. The van der Waals surface area contributed by atoms with Crippen LogP contribution < -0.4 is 20.1 Å². The van der Waals surface area contributed by atoms with Crippen LogP contribution in [0.4, 0.5) is 11.4 Å². The van der Waals surface area contributed by atoms with Gasteiger partial charge in [0.15, 0.2) is 0 Å². The fourth-order valence-corrected chi connectivity index (χ4v) is 4.21. The summed E-state index contributed by atoms with van der Waals surface area (Å²) in [6.07, 6.45) is -0.329. The molecule has 8 nitrogen and oxygen atoms in total. The van der Waals surface area contributed by atoms with E-state index in [4.69, 9.17) is 14.6 Å². The third kappa shape index (κ3) is 7.79. The molecule has 0 aliphatic carbocycles. The summed E-state index contributed by atoms with van der Waals surface area (Å²) in [6, 6.07) is 21.6. The third-order valence-electron chi connectivity index (χ3n) is 4.92. The van der Waals surface area contributed by atoms with Gasteiger partial charge in [-0.1, -0.05) is 30.3 Å². The topological polar surface area (TPSA) is 114 Å². The van der Waals surface area contributed by atoms with Crippen LogP contribution >= 0.6 is 11.8 Å². The fourth-order valence-electron chi connectivity index (χ4n) is 3.19. The summed E-state index contributed by atoms with van der Waals surface area (Å²) in [5.74, 6) is -0.496. The highest BCUT2D eigenvalue weighted by Gasteiger charge is 2.23. The largest absolute Gasteiger partial charge is 0.497 e. The van der Waals surface area contributed by atoms with Gasteiger partial charge in [-0.3, -0.25) is 14.4 Å². The number of carbonyl (C=O) groups is 3. The normalized spacial score (nSPS) is 11.3. The molecule has 0 radical (unpaired) electrons. The van der Waals surface area contributed by atoms with Crippen LogP contribution in [0.5, 0.6) is 11.5 Å². The molecular formula is C26H26N2O6S. The molecule has 3 aromatic carbocycles. The number of benzene rings is 3. The molecule has 0 aromatic heterocycles. The minimum Gasteiger partial charge on any atom is -0.497 e. The van der Waals surface area contributed by atoms with Crippen molar-refractivity contribution in [2.75, 3.05) is 24.9 Å². The Hall–Kier alpha value is -3.98. The molecule has 3 N–H and O–H groups in total. The third-order valence-corrected chi connectivity index (χ3v) is 6.18. The second kappa shape index (κ2) is 12.5. The van der Waals surface area contributed by atoms with E-state index in [9.17, 15) is 14.4 Å². The average molecular weight is 495 g/mol. The van der Waals surface area contributed by atoms with Crippen molar-refractivity contribution in [1.82, 2.24) is 0 Å². The lowest BCUT2D eigenvalue weighted by Crippen LogP contribution is -2.19. The maximum absolute atomic E-state index is 13.3. The van der Waals surface area contributed by atoms with Gasteiger partial charge in [0.25, 0.3) is 0 Å². The zero-order valence-corrected chi connectivity index (χ0v) is 20.1. The predicted octanol–water partition coefficient (Wildman–Crippen LogP) is 4.98. The molecule has 0 bridgehead atoms. The number of hydrogen-bond acceptors (Lipinski definition) is 6. The first-order valence-corrected chi connectivity index (χ1v) is 11.6. The number of thioether (sulfide) groups is 1. The van der Waals surface area contributed by atoms with Gasteiger partial charge in [0, 0.05) is 40.9 Å². The molecule has 0 aliphatic rings. The van der Waals surface area contributed by atoms with E-state index in [1.54, 1.807) is 56.7 Å². The minimum absolute atomic E-state index is 0.100. The van der Waals surface area contributed by atoms with Gasteiger partial charge in [-0.25, -0.2) is 0 Å². The molecule has 0 aliphatic heterocycles. The standard InChI is InChI=1S/C26H26N2O6S/c1-33-20-14-19(15-21(16-20)34-2)28-26(32)25(17-6-4-3-5-7-17)35-22-10-8-18(9-11-22)27-23(29)12-13-24(30)31/h3-11,14-16,25H,12-13H2,1-2H3,(H,27,29)(H,28,32)(H,30,31). The molecule has 2 amide bonds. The summed E-state index contributed by atoms with van der Waals surface area (Å²) in [7, 11) is 3.09. The summed E-state index contributed by atoms with van der Waals surface area (Å²) in [5, 5.41) is 13.8. The van der Waals surface area contributed by atoms with Gasteiger partial charge in [0.1, 0.15) is 16.7 Å². The lowest BCUT2D eigenvalue weighted by Gasteiger charge is -2.18. The van der Waals surface area contributed by atoms with Crippen molar-refractivity contribution in [1.29, 1.82) is 0 Å². The van der Waals surface area contributed by atoms with Gasteiger partial charge in [-0.2, -0.15) is 0 Å². The first-order chi connectivity index (χ1) is 16.9. The number of anilines is 2. The number of amides is 2. The van der Waals surface area contributed by atoms with Crippen molar-refractivity contribution in [3.05, 3.63) is 78.4 Å². The first kappa shape index (κ1) is 25.6. The predicted molar refractivity (Wildman–Crippen MR) is 135 cm³/mol. The van der Waals surface area contributed by atoms with Gasteiger partial charge in [0.2, 0.25) is 11.8 Å². The average Bonchev–Trinajstić information content (AvgIpc) is 2.87. The zero-order valence-electron chi connectivity index (χ0n) is 19.3. The molecule has 0 saturated heterocycles. The van der Waals surface area contributed by atoms with E-state index in [2.05, 4.69) is 10.6 Å². The molecule has 35 heavy (non-hydrogen) atoms. The number of rotatable bonds is 11. The Morgan fingerprint density at radius 1 is 0.829 bits per heavy atom. The lowest BCUT2D eigenvalue weighted by atomic mass is 10.1. The van der Waals surface area contributed by atoms with Crippen molar-refractivity contribution in [2.45, 2.75) is 23.0 Å². The van der Waals surface area contributed by atoms with Crippen molar-refractivity contribution >= 4 is 40.9 Å². The molecule has 0 spiro atoms. The number of hydrogen-bond donors (Lipinski definition) is 3. The molecule has 3 rings (SSSR count). The van der Waals surface area contributed by atoms with E-state index < -0.39 is 11.2 Å². The number of carboxylic acids is 1. The number of aliphatic carboxylic acids is 1. The summed E-state index contributed by atoms with van der Waals surface area (Å²) < 4.78 is 10.6. The van der Waals surface area contributed by atoms with Crippen LogP contribution in [-0.4, -0.2) is 37.1 Å². The van der Waals surface area contributed by atoms with E-state index in [-0.39, 0.29) is 24.7 Å². The van der Waals surface area contributed by atoms with Crippen LogP contribution in [0.2, 0.25) is 0 Å². The number of nitrogens with one attached hydrogen (secondary N) is 2. The van der Waals surface area contributed by atoms with Crippen molar-refractivity contribution in [2.24, 2.45) is 0 Å². The van der Waals surface area contributed by atoms with E-state index in [1.165, 1.54) is 11.8 Å². The molecule has 1 atom stereocenters. The summed E-state index contributed by atoms with van der Waals surface area (Å²) in [5.41, 5.74) is 1.93. The van der Waals surface area contributed by atoms with Gasteiger partial charge in [-0.05, 0) is 29.8 Å². The maximum atomic E-state index is 13.3. The molecule has 182 valence electrons. The Balaban J connectivity index is 1.75. The maximum Gasteiger partial charge on any atom is 0.303 e. The Morgan fingerprint density at radius 3 is 2.03 bits per heavy atom. The molecule has 0 fully saturated rings. The van der Waals surface area contributed by atoms with Crippen LogP contribution in [0.15, 0.2) is 77.7 Å². The van der Waals surface area contributed by atoms with Gasteiger partial charge in [-0.15, -0.1) is 11.8 Å². The summed E-state index contributed by atoms with van der Waals surface area (Å²) in [6.45, 7) is 0. The number of ether oxygens (including phenoxy) is 2. The molecule has 0 saturated carbocycles. The molecular weight excluding hydrogens is 468 g/mol. The van der Waals surface area contributed by atoms with Crippen molar-refractivity contribution in [3.63, 3.8) is 0 Å². The monoisotopic (exact) mass is 494 g/mol. The second-order valence-corrected chi connectivity index (χ2v) is 8.64. The Kier molecular flexibility index (Phi) is 9.14. The zero-order chi connectivity index (χ0) is 25.2. The van der Waals surface area contributed by atoms with E-state index in [1.807, 2.05) is 30.3 Å². The molecule has 1 unspecified atom stereocenters. The highest BCUT2D eigenvalue weighted by atomic mass is 32.2. The van der Waals surface area contributed by atoms with Gasteiger partial charge >= 0.3 is 5.97 Å². The highest BCUT2D eigenvalue weighted by molar-refractivity contribution is 8.00. The lowest BCUT2D eigenvalue weighted by molar-refractivity contribution is -0.138. The van der Waals surface area contributed by atoms with Crippen LogP contribution in [0, 0.1) is 0 Å². The van der Waals surface area contributed by atoms with E-state index >= 15 is 0 Å². The van der Waals surface area contributed by atoms with Gasteiger partial charge < -0.3 is 25.2 Å². The number of carboxylic acid groups (broad SMARTS) is 1. The van der Waals surface area contributed by atoms with Crippen LogP contribution in [0.25, 0.3) is 0 Å². The minimum atomic E-state index is -1.02. The molecule has 3 aromatic rings. The Labute approximate surface area is 207 Å². The number of methoxy groups -OCH3 is 2. The summed E-state index contributed by atoms with van der Waals surface area (Å²) >= 11 is 1.37. The van der Waals surface area contributed by atoms with E-state index in [0.717, 1.165) is 10.5 Å². The number of carbonyl (C=O) groups excluding carboxylic acids is 2. The second-order valence-electron chi connectivity index (χ2n) is 7.47. The van der Waals surface area contributed by atoms with Crippen LogP contribution in [-0.2, 0) is 14.4 Å². The molecule has 9 heteroatoms. The first-order valence-electron chi connectivity index (χ1n) is 10.7. The van der Waals surface area contributed by atoms with Crippen LogP contribution in [0.1, 0.15) is 23.7 Å². The molecule has 0 heterocycles. The van der Waals surface area contributed by atoms with Gasteiger partial charge in [0.05, 0.1) is 20.6 Å². The van der Waals surface area contributed by atoms with Crippen molar-refractivity contribution < 1.29 is 29.0 Å². The smallest absolute Gasteiger partial charge is 0.303 e. The fraction of sp³-hybridized carbons (Fsp3) is 0.192. The van der Waals surface area contributed by atoms with Crippen molar-refractivity contribution in [3.8, 4) is 11.5 Å². The Morgan fingerprint density at radius 2 is 1.46 bits per heavy atom. The highest BCUT2D eigenvalue weighted by Crippen LogP contribution is 2.37. The summed E-state index contributed by atoms with van der Waals surface area (Å²) in [4.78, 5) is 36.7. The van der Waals surface area contributed by atoms with Crippen LogP contribution in [0.3, 0.4) is 0 Å². The Bertz CT molecular complexity index is 1150.